The van der Waals surface area contributed by atoms with Gasteiger partial charge in [-0.1, -0.05) is 26.8 Å². The van der Waals surface area contributed by atoms with Gasteiger partial charge in [-0.05, 0) is 56.2 Å². The van der Waals surface area contributed by atoms with E-state index in [0.29, 0.717) is 43.6 Å². The Balaban J connectivity index is 1.40. The molecule has 4 atom stereocenters. The number of allylic oxidation sites excluding steroid dienone is 1. The van der Waals surface area contributed by atoms with E-state index in [1.54, 1.807) is 18.2 Å². The average Bonchev–Trinajstić information content (AvgIpc) is 3.37. The highest BCUT2D eigenvalue weighted by Gasteiger charge is 2.76. The fourth-order valence-corrected chi connectivity index (χ4v) is 6.24. The van der Waals surface area contributed by atoms with Crippen molar-refractivity contribution in [2.45, 2.75) is 71.0 Å². The Labute approximate surface area is 204 Å². The SMILES string of the molecule is COc1ccc(C[C@H](C)[C@]23CCC(=O)C=C2OCO3)cc1OC(=O)[C@@]12CC[C@@](C)(C(=O)O1)C2(C)C. The van der Waals surface area contributed by atoms with E-state index in [1.807, 2.05) is 26.8 Å². The molecule has 0 aromatic heterocycles. The molecule has 1 saturated carbocycles. The number of carbonyl (C=O) groups excluding carboxylic acids is 3. The van der Waals surface area contributed by atoms with E-state index in [4.69, 9.17) is 23.7 Å². The maximum atomic E-state index is 13.5. The first-order valence-corrected chi connectivity index (χ1v) is 12.1. The molecule has 0 spiro atoms. The third-order valence-electron chi connectivity index (χ3n) is 9.16. The minimum absolute atomic E-state index is 0.00477. The lowest BCUT2D eigenvalue weighted by Gasteiger charge is -2.35. The molecule has 5 rings (SSSR count). The summed E-state index contributed by atoms with van der Waals surface area (Å²) in [7, 11) is 1.51. The van der Waals surface area contributed by atoms with Crippen molar-refractivity contribution in [2.24, 2.45) is 16.7 Å². The fourth-order valence-electron chi connectivity index (χ4n) is 6.24. The average molecular weight is 485 g/mol. The standard InChI is InChI=1S/C27H32O8/c1-16(26-9-8-18(28)14-21(26)32-15-33-26)12-17-6-7-19(31-5)20(13-17)34-23(30)27-11-10-25(4,22(29)35-27)24(27,2)3/h6-7,13-14,16H,8-12,15H2,1-5H3/t16-,25-,26+,27+/m0/s1. The Bertz CT molecular complexity index is 1140. The summed E-state index contributed by atoms with van der Waals surface area (Å²) in [5, 5.41) is 0. The van der Waals surface area contributed by atoms with Crippen LogP contribution < -0.4 is 9.47 Å². The van der Waals surface area contributed by atoms with Gasteiger partial charge in [-0.15, -0.1) is 0 Å². The molecule has 2 aliphatic carbocycles. The lowest BCUT2D eigenvalue weighted by molar-refractivity contribution is -0.176. The normalized spacial score (nSPS) is 33.5. The van der Waals surface area contributed by atoms with E-state index in [-0.39, 0.29) is 30.2 Å². The van der Waals surface area contributed by atoms with E-state index >= 15 is 0 Å². The van der Waals surface area contributed by atoms with Gasteiger partial charge in [0.2, 0.25) is 5.60 Å². The number of benzene rings is 1. The van der Waals surface area contributed by atoms with Gasteiger partial charge in [-0.2, -0.15) is 0 Å². The quantitative estimate of drug-likeness (QED) is 0.443. The van der Waals surface area contributed by atoms with Crippen LogP contribution in [0.1, 0.15) is 58.9 Å². The van der Waals surface area contributed by atoms with Crippen LogP contribution in [0.4, 0.5) is 0 Å². The molecular formula is C27H32O8. The third kappa shape index (κ3) is 3.18. The highest BCUT2D eigenvalue weighted by atomic mass is 16.7. The molecule has 8 nitrogen and oxygen atoms in total. The molecule has 3 fully saturated rings. The Morgan fingerprint density at radius 3 is 2.54 bits per heavy atom. The molecule has 2 heterocycles. The Hall–Kier alpha value is -2.87. The number of hydrogen-bond donors (Lipinski definition) is 0. The largest absolute Gasteiger partial charge is 0.493 e. The summed E-state index contributed by atoms with van der Waals surface area (Å²) in [5.74, 6) is 0.400. The lowest BCUT2D eigenvalue weighted by Crippen LogP contribution is -2.50. The summed E-state index contributed by atoms with van der Waals surface area (Å²) < 4.78 is 28.6. The Morgan fingerprint density at radius 2 is 1.89 bits per heavy atom. The maximum Gasteiger partial charge on any atom is 0.356 e. The first kappa shape index (κ1) is 23.9. The number of rotatable bonds is 6. The molecule has 0 unspecified atom stereocenters. The van der Waals surface area contributed by atoms with Crippen LogP contribution in [0.15, 0.2) is 30.0 Å². The van der Waals surface area contributed by atoms with Gasteiger partial charge in [-0.3, -0.25) is 9.59 Å². The molecule has 188 valence electrons. The third-order valence-corrected chi connectivity index (χ3v) is 9.16. The number of hydrogen-bond acceptors (Lipinski definition) is 8. The number of methoxy groups -OCH3 is 1. The van der Waals surface area contributed by atoms with Crippen LogP contribution >= 0.6 is 0 Å². The number of ether oxygens (including phenoxy) is 5. The van der Waals surface area contributed by atoms with Crippen molar-refractivity contribution in [1.82, 2.24) is 0 Å². The van der Waals surface area contributed by atoms with Crippen molar-refractivity contribution < 1.29 is 38.1 Å². The van der Waals surface area contributed by atoms with Crippen molar-refractivity contribution in [1.29, 1.82) is 0 Å². The highest BCUT2D eigenvalue weighted by Crippen LogP contribution is 2.65. The van der Waals surface area contributed by atoms with Gasteiger partial charge in [0.05, 0.1) is 12.5 Å². The number of carbonyl (C=O) groups is 3. The Morgan fingerprint density at radius 1 is 1.11 bits per heavy atom. The zero-order valence-corrected chi connectivity index (χ0v) is 20.9. The predicted molar refractivity (Wildman–Crippen MR) is 124 cm³/mol. The number of fused-ring (bicyclic) bond motifs is 3. The molecule has 0 radical (unpaired) electrons. The van der Waals surface area contributed by atoms with E-state index in [0.717, 1.165) is 5.56 Å². The van der Waals surface area contributed by atoms with Crippen LogP contribution in [0.2, 0.25) is 0 Å². The van der Waals surface area contributed by atoms with Gasteiger partial charge >= 0.3 is 11.9 Å². The molecule has 2 bridgehead atoms. The van der Waals surface area contributed by atoms with Gasteiger partial charge in [-0.25, -0.2) is 4.79 Å². The first-order valence-electron chi connectivity index (χ1n) is 12.1. The van der Waals surface area contributed by atoms with E-state index in [9.17, 15) is 14.4 Å². The zero-order chi connectivity index (χ0) is 25.2. The first-order chi connectivity index (χ1) is 16.5. The Kier molecular flexibility index (Phi) is 5.33. The number of esters is 2. The highest BCUT2D eigenvalue weighted by molar-refractivity contribution is 5.94. The van der Waals surface area contributed by atoms with Crippen LogP contribution in [-0.2, 0) is 35.0 Å². The summed E-state index contributed by atoms with van der Waals surface area (Å²) >= 11 is 0. The van der Waals surface area contributed by atoms with Gasteiger partial charge in [0.25, 0.3) is 0 Å². The summed E-state index contributed by atoms with van der Waals surface area (Å²) in [5.41, 5.74) is -2.47. The summed E-state index contributed by atoms with van der Waals surface area (Å²) in [6, 6.07) is 5.46. The van der Waals surface area contributed by atoms with Crippen molar-refractivity contribution >= 4 is 17.7 Å². The molecule has 2 aliphatic heterocycles. The van der Waals surface area contributed by atoms with Crippen LogP contribution in [0.3, 0.4) is 0 Å². The molecule has 4 aliphatic rings. The topological polar surface area (TPSA) is 97.4 Å². The second-order valence-electron chi connectivity index (χ2n) is 10.9. The fraction of sp³-hybridized carbons (Fsp3) is 0.593. The molecule has 0 N–H and O–H groups in total. The van der Waals surface area contributed by atoms with Crippen LogP contribution in [0.5, 0.6) is 11.5 Å². The summed E-state index contributed by atoms with van der Waals surface area (Å²) in [6.07, 6.45) is 4.14. The minimum Gasteiger partial charge on any atom is -0.493 e. The van der Waals surface area contributed by atoms with Crippen molar-refractivity contribution in [3.8, 4) is 11.5 Å². The molecule has 35 heavy (non-hydrogen) atoms. The predicted octanol–water partition coefficient (Wildman–Crippen LogP) is 3.89. The van der Waals surface area contributed by atoms with Crippen LogP contribution in [0, 0.1) is 16.7 Å². The van der Waals surface area contributed by atoms with Gasteiger partial charge in [0, 0.05) is 17.9 Å². The second-order valence-corrected chi connectivity index (χ2v) is 10.9. The van der Waals surface area contributed by atoms with E-state index in [1.165, 1.54) is 7.11 Å². The van der Waals surface area contributed by atoms with Crippen molar-refractivity contribution in [3.63, 3.8) is 0 Å². The molecule has 1 aromatic carbocycles. The molecular weight excluding hydrogens is 452 g/mol. The molecule has 2 saturated heterocycles. The van der Waals surface area contributed by atoms with Crippen molar-refractivity contribution in [2.75, 3.05) is 13.9 Å². The minimum atomic E-state index is -1.32. The van der Waals surface area contributed by atoms with Crippen LogP contribution in [-0.4, -0.2) is 42.8 Å². The summed E-state index contributed by atoms with van der Waals surface area (Å²) in [6.45, 7) is 7.84. The van der Waals surface area contributed by atoms with Crippen LogP contribution in [0.25, 0.3) is 0 Å². The second kappa shape index (κ2) is 7.82. The van der Waals surface area contributed by atoms with Gasteiger partial charge in [0.1, 0.15) is 11.4 Å². The van der Waals surface area contributed by atoms with E-state index < -0.39 is 28.0 Å². The smallest absolute Gasteiger partial charge is 0.356 e. The van der Waals surface area contributed by atoms with Crippen molar-refractivity contribution in [3.05, 3.63) is 35.6 Å². The summed E-state index contributed by atoms with van der Waals surface area (Å²) in [4.78, 5) is 38.0. The maximum absolute atomic E-state index is 13.5. The zero-order valence-electron chi connectivity index (χ0n) is 20.9. The van der Waals surface area contributed by atoms with Gasteiger partial charge in [0.15, 0.2) is 24.1 Å². The molecule has 8 heteroatoms. The van der Waals surface area contributed by atoms with E-state index in [2.05, 4.69) is 6.92 Å². The number of ketones is 1. The van der Waals surface area contributed by atoms with Gasteiger partial charge < -0.3 is 23.7 Å². The molecule has 1 aromatic rings. The lowest BCUT2D eigenvalue weighted by atomic mass is 9.66. The monoisotopic (exact) mass is 484 g/mol. The molecule has 0 amide bonds.